The van der Waals surface area contributed by atoms with Crippen LogP contribution < -0.4 is 5.73 Å². The molecule has 1 heterocycles. The van der Waals surface area contributed by atoms with E-state index in [1.54, 1.807) is 0 Å². The smallest absolute Gasteiger partial charge is 0.0366 e. The summed E-state index contributed by atoms with van der Waals surface area (Å²) in [6.45, 7) is 8.08. The van der Waals surface area contributed by atoms with Gasteiger partial charge in [-0.2, -0.15) is 0 Å². The first-order valence-electron chi connectivity index (χ1n) is 7.53. The summed E-state index contributed by atoms with van der Waals surface area (Å²) in [6, 6.07) is 12.8. The van der Waals surface area contributed by atoms with Gasteiger partial charge in [-0.05, 0) is 59.8 Å². The first-order valence-corrected chi connectivity index (χ1v) is 7.53. The van der Waals surface area contributed by atoms with E-state index in [0.717, 1.165) is 12.2 Å². The van der Waals surface area contributed by atoms with Crippen molar-refractivity contribution in [1.29, 1.82) is 0 Å². The minimum atomic E-state index is 0.505. The van der Waals surface area contributed by atoms with Crippen molar-refractivity contribution in [3.63, 3.8) is 0 Å². The second kappa shape index (κ2) is 5.10. The van der Waals surface area contributed by atoms with Crippen LogP contribution in [0.1, 0.15) is 32.3 Å². The fraction of sp³-hybridized carbons (Fsp3) is 0.444. The third-order valence-corrected chi connectivity index (χ3v) is 4.61. The van der Waals surface area contributed by atoms with E-state index in [4.69, 9.17) is 5.73 Å². The summed E-state index contributed by atoms with van der Waals surface area (Å²) in [5, 5.41) is 2.52. The van der Waals surface area contributed by atoms with E-state index in [0.29, 0.717) is 5.41 Å². The normalized spacial score (nSPS) is 19.3. The van der Waals surface area contributed by atoms with Crippen molar-refractivity contribution in [1.82, 2.24) is 4.90 Å². The zero-order valence-electron chi connectivity index (χ0n) is 12.5. The molecule has 0 amide bonds. The Labute approximate surface area is 121 Å². The van der Waals surface area contributed by atoms with Crippen molar-refractivity contribution >= 4 is 16.5 Å². The molecule has 1 fully saturated rings. The number of anilines is 1. The largest absolute Gasteiger partial charge is 0.398 e. The molecule has 0 saturated carbocycles. The molecular weight excluding hydrogens is 244 g/mol. The number of nitrogens with zero attached hydrogens (tertiary/aromatic N) is 1. The van der Waals surface area contributed by atoms with Crippen LogP contribution in [0, 0.1) is 5.41 Å². The van der Waals surface area contributed by atoms with Gasteiger partial charge < -0.3 is 5.73 Å². The third kappa shape index (κ3) is 2.80. The molecule has 0 radical (unpaired) electrons. The minimum Gasteiger partial charge on any atom is -0.398 e. The van der Waals surface area contributed by atoms with Crippen LogP contribution in [0.25, 0.3) is 10.8 Å². The Bertz CT molecular complexity index is 606. The van der Waals surface area contributed by atoms with Gasteiger partial charge in [-0.15, -0.1) is 0 Å². The number of rotatable bonds is 2. The molecule has 1 aliphatic rings. The Morgan fingerprint density at radius 2 is 1.65 bits per heavy atom. The zero-order valence-corrected chi connectivity index (χ0v) is 12.5. The van der Waals surface area contributed by atoms with Crippen molar-refractivity contribution in [3.05, 3.63) is 42.0 Å². The molecule has 2 N–H and O–H groups in total. The second-order valence-corrected chi connectivity index (χ2v) is 6.84. The first kappa shape index (κ1) is 13.4. The monoisotopic (exact) mass is 268 g/mol. The van der Waals surface area contributed by atoms with Crippen molar-refractivity contribution in [3.8, 4) is 0 Å². The fourth-order valence-electron chi connectivity index (χ4n) is 3.00. The maximum Gasteiger partial charge on any atom is 0.0366 e. The van der Waals surface area contributed by atoms with E-state index >= 15 is 0 Å². The number of nitrogen functional groups attached to an aromatic ring is 1. The van der Waals surface area contributed by atoms with Crippen LogP contribution in [0.3, 0.4) is 0 Å². The Balaban J connectivity index is 1.79. The number of piperidine rings is 1. The topological polar surface area (TPSA) is 29.3 Å². The van der Waals surface area contributed by atoms with Crippen molar-refractivity contribution in [2.75, 3.05) is 18.8 Å². The van der Waals surface area contributed by atoms with Gasteiger partial charge >= 0.3 is 0 Å². The summed E-state index contributed by atoms with van der Waals surface area (Å²) in [6.07, 6.45) is 2.56. The minimum absolute atomic E-state index is 0.505. The Morgan fingerprint density at radius 1 is 1.05 bits per heavy atom. The Morgan fingerprint density at radius 3 is 2.30 bits per heavy atom. The van der Waals surface area contributed by atoms with Crippen molar-refractivity contribution < 1.29 is 0 Å². The molecule has 0 aromatic heterocycles. The van der Waals surface area contributed by atoms with Crippen LogP contribution in [0.15, 0.2) is 36.4 Å². The maximum atomic E-state index is 6.23. The average Bonchev–Trinajstić information content (AvgIpc) is 2.42. The summed E-state index contributed by atoms with van der Waals surface area (Å²) in [5.74, 6) is 0. The lowest BCUT2D eigenvalue weighted by Crippen LogP contribution is -2.36. The van der Waals surface area contributed by atoms with Gasteiger partial charge in [0, 0.05) is 12.2 Å². The van der Waals surface area contributed by atoms with Crippen LogP contribution in [-0.4, -0.2) is 18.0 Å². The molecule has 0 aliphatic carbocycles. The lowest BCUT2D eigenvalue weighted by Gasteiger charge is -2.37. The lowest BCUT2D eigenvalue weighted by atomic mass is 9.82. The molecule has 106 valence electrons. The molecule has 1 aliphatic heterocycles. The summed E-state index contributed by atoms with van der Waals surface area (Å²) in [7, 11) is 0. The molecule has 2 heteroatoms. The summed E-state index contributed by atoms with van der Waals surface area (Å²) < 4.78 is 0. The Kier molecular flexibility index (Phi) is 3.43. The summed E-state index contributed by atoms with van der Waals surface area (Å²) >= 11 is 0. The highest BCUT2D eigenvalue weighted by molar-refractivity contribution is 5.86. The molecule has 3 rings (SSSR count). The Hall–Kier alpha value is -1.54. The molecule has 0 unspecified atom stereocenters. The van der Waals surface area contributed by atoms with Gasteiger partial charge in [0.25, 0.3) is 0 Å². The molecule has 2 nitrogen and oxygen atoms in total. The molecule has 1 saturated heterocycles. The molecule has 2 aromatic rings. The van der Waals surface area contributed by atoms with Gasteiger partial charge in [0.1, 0.15) is 0 Å². The SMILES string of the molecule is CC1(C)CCN(Cc2cc3ccccc3cc2N)CC1. The van der Waals surface area contributed by atoms with Gasteiger partial charge in [-0.3, -0.25) is 4.90 Å². The number of likely N-dealkylation sites (tertiary alicyclic amines) is 1. The number of fused-ring (bicyclic) bond motifs is 1. The average molecular weight is 268 g/mol. The highest BCUT2D eigenvalue weighted by Gasteiger charge is 2.25. The number of benzene rings is 2. The van der Waals surface area contributed by atoms with Crippen molar-refractivity contribution in [2.24, 2.45) is 5.41 Å². The quantitative estimate of drug-likeness (QED) is 0.833. The van der Waals surface area contributed by atoms with Crippen LogP contribution in [0.4, 0.5) is 5.69 Å². The van der Waals surface area contributed by atoms with E-state index in [-0.39, 0.29) is 0 Å². The molecule has 20 heavy (non-hydrogen) atoms. The number of hydrogen-bond acceptors (Lipinski definition) is 2. The van der Waals surface area contributed by atoms with Crippen LogP contribution in [0.2, 0.25) is 0 Å². The van der Waals surface area contributed by atoms with Crippen LogP contribution in [-0.2, 0) is 6.54 Å². The number of hydrogen-bond donors (Lipinski definition) is 1. The van der Waals surface area contributed by atoms with Gasteiger partial charge in [0.05, 0.1) is 0 Å². The summed E-state index contributed by atoms with van der Waals surface area (Å²) in [5.41, 5.74) is 8.93. The second-order valence-electron chi connectivity index (χ2n) is 6.84. The highest BCUT2D eigenvalue weighted by atomic mass is 15.1. The van der Waals surface area contributed by atoms with Gasteiger partial charge in [-0.25, -0.2) is 0 Å². The molecular formula is C18H24N2. The van der Waals surface area contributed by atoms with Gasteiger partial charge in [-0.1, -0.05) is 38.1 Å². The lowest BCUT2D eigenvalue weighted by molar-refractivity contribution is 0.127. The van der Waals surface area contributed by atoms with E-state index in [2.05, 4.69) is 55.1 Å². The molecule has 0 atom stereocenters. The first-order chi connectivity index (χ1) is 9.53. The van der Waals surface area contributed by atoms with Crippen LogP contribution in [0.5, 0.6) is 0 Å². The molecule has 0 spiro atoms. The van der Waals surface area contributed by atoms with Crippen LogP contribution >= 0.6 is 0 Å². The molecule has 2 aromatic carbocycles. The van der Waals surface area contributed by atoms with Gasteiger partial charge in [0.15, 0.2) is 0 Å². The zero-order chi connectivity index (χ0) is 14.2. The standard InChI is InChI=1S/C18H24N2/c1-18(2)7-9-20(10-8-18)13-16-11-14-5-3-4-6-15(14)12-17(16)19/h3-6,11-12H,7-10,13,19H2,1-2H3. The van der Waals surface area contributed by atoms with Crippen molar-refractivity contribution in [2.45, 2.75) is 33.2 Å². The molecule has 0 bridgehead atoms. The highest BCUT2D eigenvalue weighted by Crippen LogP contribution is 2.31. The van der Waals surface area contributed by atoms with E-state index in [9.17, 15) is 0 Å². The van der Waals surface area contributed by atoms with E-state index in [1.807, 2.05) is 0 Å². The fourth-order valence-corrected chi connectivity index (χ4v) is 3.00. The van der Waals surface area contributed by atoms with Gasteiger partial charge in [0.2, 0.25) is 0 Å². The number of nitrogens with two attached hydrogens (primary N) is 1. The maximum absolute atomic E-state index is 6.23. The predicted molar refractivity (Wildman–Crippen MR) is 86.7 cm³/mol. The third-order valence-electron chi connectivity index (χ3n) is 4.61. The van der Waals surface area contributed by atoms with E-state index in [1.165, 1.54) is 42.3 Å². The van der Waals surface area contributed by atoms with E-state index < -0.39 is 0 Å². The summed E-state index contributed by atoms with van der Waals surface area (Å²) in [4.78, 5) is 2.53. The predicted octanol–water partition coefficient (Wildman–Crippen LogP) is 4.04.